The molecule has 1 aromatic carbocycles. The van der Waals surface area contributed by atoms with Gasteiger partial charge in [-0.1, -0.05) is 13.0 Å². The van der Waals surface area contributed by atoms with Crippen molar-refractivity contribution in [2.45, 2.75) is 64.1 Å². The smallest absolute Gasteiger partial charge is 0.381 e. The summed E-state index contributed by atoms with van der Waals surface area (Å²) in [5.74, 6) is 0.0142. The Bertz CT molecular complexity index is 1250. The van der Waals surface area contributed by atoms with Crippen LogP contribution in [-0.4, -0.2) is 39.3 Å². The third kappa shape index (κ3) is 5.43. The van der Waals surface area contributed by atoms with Crippen LogP contribution in [0.1, 0.15) is 62.9 Å². The minimum absolute atomic E-state index is 0.00516. The molecule has 0 radical (unpaired) electrons. The molecule has 0 unspecified atom stereocenters. The molecule has 3 aromatic rings. The molecule has 1 aliphatic carbocycles. The van der Waals surface area contributed by atoms with Crippen LogP contribution in [0.5, 0.6) is 0 Å². The van der Waals surface area contributed by atoms with E-state index in [1.807, 2.05) is 4.57 Å². The summed E-state index contributed by atoms with van der Waals surface area (Å²) in [5, 5.41) is 2.84. The number of fused-ring (bicyclic) bond motifs is 1. The SMILES string of the molecule is CC1(Cc2ncc3nc(Nc4cccc(C(F)(F)F)c4F)n(C4CCC(CN)CC4)c3n2)CCOCC1. The van der Waals surface area contributed by atoms with E-state index >= 15 is 0 Å². The van der Waals surface area contributed by atoms with Crippen LogP contribution < -0.4 is 11.1 Å². The van der Waals surface area contributed by atoms with Crippen molar-refractivity contribution in [1.82, 2.24) is 19.5 Å². The Morgan fingerprint density at radius 3 is 2.54 bits per heavy atom. The highest BCUT2D eigenvalue weighted by atomic mass is 19.4. The molecular weight excluding hydrogens is 488 g/mol. The highest BCUT2D eigenvalue weighted by Gasteiger charge is 2.35. The van der Waals surface area contributed by atoms with Gasteiger partial charge in [-0.15, -0.1) is 0 Å². The molecule has 11 heteroatoms. The summed E-state index contributed by atoms with van der Waals surface area (Å²) in [4.78, 5) is 14.0. The summed E-state index contributed by atoms with van der Waals surface area (Å²) in [6, 6.07) is 3.19. The topological polar surface area (TPSA) is 90.9 Å². The van der Waals surface area contributed by atoms with Gasteiger partial charge in [0.05, 0.1) is 17.4 Å². The zero-order chi connectivity index (χ0) is 26.2. The second-order valence-corrected chi connectivity index (χ2v) is 10.6. The highest BCUT2D eigenvalue weighted by molar-refractivity contribution is 5.75. The number of anilines is 2. The first-order chi connectivity index (χ1) is 17.7. The Morgan fingerprint density at radius 1 is 1.14 bits per heavy atom. The van der Waals surface area contributed by atoms with Gasteiger partial charge in [-0.2, -0.15) is 13.2 Å². The minimum Gasteiger partial charge on any atom is -0.381 e. The van der Waals surface area contributed by atoms with Crippen molar-refractivity contribution in [3.8, 4) is 0 Å². The third-order valence-corrected chi connectivity index (χ3v) is 7.83. The Hall–Kier alpha value is -2.79. The van der Waals surface area contributed by atoms with Crippen LogP contribution in [0.25, 0.3) is 11.2 Å². The van der Waals surface area contributed by atoms with Crippen molar-refractivity contribution in [3.05, 3.63) is 41.6 Å². The fourth-order valence-electron chi connectivity index (χ4n) is 5.47. The van der Waals surface area contributed by atoms with Crippen molar-refractivity contribution in [2.75, 3.05) is 25.1 Å². The van der Waals surface area contributed by atoms with Crippen LogP contribution in [0.2, 0.25) is 0 Å². The van der Waals surface area contributed by atoms with Crippen molar-refractivity contribution >= 4 is 22.8 Å². The van der Waals surface area contributed by atoms with Crippen LogP contribution in [0.3, 0.4) is 0 Å². The van der Waals surface area contributed by atoms with Gasteiger partial charge in [0.25, 0.3) is 0 Å². The molecule has 3 heterocycles. The second-order valence-electron chi connectivity index (χ2n) is 10.6. The molecule has 0 atom stereocenters. The van der Waals surface area contributed by atoms with Crippen LogP contribution in [0.15, 0.2) is 24.4 Å². The Kier molecular flexibility index (Phi) is 7.10. The van der Waals surface area contributed by atoms with E-state index in [-0.39, 0.29) is 23.1 Å². The van der Waals surface area contributed by atoms with Crippen LogP contribution in [0.4, 0.5) is 29.2 Å². The van der Waals surface area contributed by atoms with E-state index in [1.165, 1.54) is 12.1 Å². The lowest BCUT2D eigenvalue weighted by molar-refractivity contribution is -0.139. The summed E-state index contributed by atoms with van der Waals surface area (Å²) in [5.41, 5.74) is 5.41. The molecule has 2 aromatic heterocycles. The molecular formula is C26H32F4N6O. The zero-order valence-electron chi connectivity index (χ0n) is 20.8. The lowest BCUT2D eigenvalue weighted by Gasteiger charge is -2.33. The Labute approximate surface area is 212 Å². The van der Waals surface area contributed by atoms with Gasteiger partial charge in [0, 0.05) is 25.7 Å². The van der Waals surface area contributed by atoms with Gasteiger partial charge in [-0.05, 0) is 68.5 Å². The van der Waals surface area contributed by atoms with Gasteiger partial charge < -0.3 is 15.8 Å². The normalized spacial score (nSPS) is 22.3. The zero-order valence-corrected chi connectivity index (χ0v) is 20.8. The van der Waals surface area contributed by atoms with Gasteiger partial charge in [0.1, 0.15) is 11.3 Å². The van der Waals surface area contributed by atoms with Crippen LogP contribution >= 0.6 is 0 Å². The number of halogens is 4. The molecule has 37 heavy (non-hydrogen) atoms. The largest absolute Gasteiger partial charge is 0.419 e. The molecule has 1 saturated heterocycles. The van der Waals surface area contributed by atoms with Crippen molar-refractivity contribution in [3.63, 3.8) is 0 Å². The summed E-state index contributed by atoms with van der Waals surface area (Å²) >= 11 is 0. The van der Waals surface area contributed by atoms with Crippen molar-refractivity contribution in [2.24, 2.45) is 17.1 Å². The number of aromatic nitrogens is 4. The molecule has 5 rings (SSSR count). The number of nitrogens with one attached hydrogen (secondary N) is 1. The number of hydrogen-bond donors (Lipinski definition) is 2. The standard InChI is InChI=1S/C26H32F4N6O/c1-25(9-11-37-12-10-25)13-21-32-15-20-23(35-21)36(17-7-5-16(14-31)6-8-17)24(34-20)33-19-4-2-3-18(22(19)27)26(28,29)30/h2-4,15-17H,5-14,31H2,1H3,(H,33,34). The van der Waals surface area contributed by atoms with Gasteiger partial charge >= 0.3 is 6.18 Å². The number of nitrogens with zero attached hydrogens (tertiary/aromatic N) is 4. The number of imidazole rings is 1. The molecule has 200 valence electrons. The molecule has 1 saturated carbocycles. The average Bonchev–Trinajstić information content (AvgIpc) is 3.22. The van der Waals surface area contributed by atoms with E-state index in [9.17, 15) is 17.6 Å². The number of hydrogen-bond acceptors (Lipinski definition) is 6. The first kappa shape index (κ1) is 25.8. The van der Waals surface area contributed by atoms with Crippen molar-refractivity contribution in [1.29, 1.82) is 0 Å². The molecule has 1 aliphatic heterocycles. The fraction of sp³-hybridized carbons (Fsp3) is 0.577. The number of ether oxygens (including phenoxy) is 1. The fourth-order valence-corrected chi connectivity index (χ4v) is 5.47. The lowest BCUT2D eigenvalue weighted by Crippen LogP contribution is -2.29. The number of nitrogens with two attached hydrogens (primary N) is 1. The van der Waals surface area contributed by atoms with E-state index in [1.54, 1.807) is 6.20 Å². The van der Waals surface area contributed by atoms with E-state index in [0.717, 1.165) is 44.6 Å². The van der Waals surface area contributed by atoms with E-state index < -0.39 is 17.6 Å². The highest BCUT2D eigenvalue weighted by Crippen LogP contribution is 2.39. The van der Waals surface area contributed by atoms with Gasteiger partial charge in [-0.25, -0.2) is 19.3 Å². The van der Waals surface area contributed by atoms with Gasteiger partial charge in [-0.3, -0.25) is 4.57 Å². The quantitative estimate of drug-likeness (QED) is 0.401. The Balaban J connectivity index is 1.54. The molecule has 0 bridgehead atoms. The third-order valence-electron chi connectivity index (χ3n) is 7.83. The van der Waals surface area contributed by atoms with Crippen LogP contribution in [-0.2, 0) is 17.3 Å². The Morgan fingerprint density at radius 2 is 1.86 bits per heavy atom. The summed E-state index contributed by atoms with van der Waals surface area (Å²) < 4.78 is 62.3. The summed E-state index contributed by atoms with van der Waals surface area (Å²) in [7, 11) is 0. The maximum absolute atomic E-state index is 14.9. The first-order valence-electron chi connectivity index (χ1n) is 12.8. The molecule has 7 nitrogen and oxygen atoms in total. The summed E-state index contributed by atoms with van der Waals surface area (Å²) in [6.45, 7) is 4.24. The monoisotopic (exact) mass is 520 g/mol. The molecule has 0 amide bonds. The van der Waals surface area contributed by atoms with Crippen LogP contribution in [0, 0.1) is 17.2 Å². The number of benzene rings is 1. The first-order valence-corrected chi connectivity index (χ1v) is 12.8. The molecule has 2 fully saturated rings. The van der Waals surface area contributed by atoms with Gasteiger partial charge in [0.2, 0.25) is 5.95 Å². The molecule has 0 spiro atoms. The predicted molar refractivity (Wildman–Crippen MR) is 132 cm³/mol. The number of rotatable bonds is 6. The summed E-state index contributed by atoms with van der Waals surface area (Å²) in [6.07, 6.45) is 2.85. The predicted octanol–water partition coefficient (Wildman–Crippen LogP) is 5.78. The van der Waals surface area contributed by atoms with E-state index in [2.05, 4.69) is 22.2 Å². The molecule has 3 N–H and O–H groups in total. The maximum atomic E-state index is 14.9. The number of alkyl halides is 3. The maximum Gasteiger partial charge on any atom is 0.419 e. The van der Waals surface area contributed by atoms with Crippen molar-refractivity contribution < 1.29 is 22.3 Å². The minimum atomic E-state index is -4.80. The van der Waals surface area contributed by atoms with Gasteiger partial charge in [0.15, 0.2) is 11.5 Å². The van der Waals surface area contributed by atoms with E-state index in [0.29, 0.717) is 49.1 Å². The second kappa shape index (κ2) is 10.2. The molecule has 2 aliphatic rings. The average molecular weight is 521 g/mol. The van der Waals surface area contributed by atoms with E-state index in [4.69, 9.17) is 15.5 Å². The lowest BCUT2D eigenvalue weighted by atomic mass is 9.79.